The molecule has 11 heteroatoms. The summed E-state index contributed by atoms with van der Waals surface area (Å²) in [6.07, 6.45) is 5.91. The number of nitrogens with zero attached hydrogens (tertiary/aromatic N) is 2. The van der Waals surface area contributed by atoms with Gasteiger partial charge in [0.2, 0.25) is 10.0 Å². The average molecular weight is 511 g/mol. The van der Waals surface area contributed by atoms with E-state index >= 15 is 0 Å². The first-order chi connectivity index (χ1) is 16.5. The van der Waals surface area contributed by atoms with Crippen molar-refractivity contribution in [2.45, 2.75) is 64.1 Å². The quantitative estimate of drug-likeness (QED) is 0.516. The Kier molecular flexibility index (Phi) is 9.00. The first-order valence-corrected chi connectivity index (χ1v) is 14.1. The molecule has 1 aromatic carbocycles. The molecule has 0 saturated heterocycles. The van der Waals surface area contributed by atoms with Gasteiger partial charge in [0.05, 0.1) is 31.0 Å². The highest BCUT2D eigenvalue weighted by atomic mass is 32.2. The number of carbonyl (C=O) groups excluding carboxylic acids is 2. The lowest BCUT2D eigenvalue weighted by Crippen LogP contribution is -2.50. The number of nitrogens with one attached hydrogen (secondary N) is 2. The molecule has 1 aliphatic carbocycles. The number of hydrogen-bond acceptors (Lipinski definition) is 6. The van der Waals surface area contributed by atoms with Crippen molar-refractivity contribution < 1.29 is 27.9 Å². The second kappa shape index (κ2) is 11.6. The summed E-state index contributed by atoms with van der Waals surface area (Å²) >= 11 is 0. The van der Waals surface area contributed by atoms with Gasteiger partial charge >= 0.3 is 6.03 Å². The van der Waals surface area contributed by atoms with Gasteiger partial charge in [-0.15, -0.1) is 0 Å². The molecule has 0 unspecified atom stereocenters. The number of anilines is 1. The normalized spacial score (nSPS) is 22.6. The molecule has 0 radical (unpaired) electrons. The van der Waals surface area contributed by atoms with Crippen LogP contribution in [0.4, 0.5) is 10.5 Å². The van der Waals surface area contributed by atoms with Crippen LogP contribution < -0.4 is 15.4 Å². The molecule has 0 spiro atoms. The zero-order valence-corrected chi connectivity index (χ0v) is 21.8. The Hall–Kier alpha value is -2.37. The Labute approximate surface area is 208 Å². The van der Waals surface area contributed by atoms with Crippen molar-refractivity contribution >= 4 is 27.6 Å². The largest absolute Gasteiger partial charge is 0.488 e. The summed E-state index contributed by atoms with van der Waals surface area (Å²) in [6, 6.07) is 4.23. The predicted molar refractivity (Wildman–Crippen MR) is 134 cm³/mol. The molecule has 2 aliphatic rings. The first kappa shape index (κ1) is 27.2. The van der Waals surface area contributed by atoms with Crippen molar-refractivity contribution in [3.05, 3.63) is 23.8 Å². The highest BCUT2D eigenvalue weighted by Gasteiger charge is 2.34. The van der Waals surface area contributed by atoms with Crippen LogP contribution in [-0.4, -0.2) is 85.9 Å². The lowest BCUT2D eigenvalue weighted by Gasteiger charge is -2.38. The van der Waals surface area contributed by atoms with Crippen LogP contribution in [0.15, 0.2) is 18.2 Å². The number of urea groups is 1. The number of benzene rings is 1. The average Bonchev–Trinajstić information content (AvgIpc) is 2.81. The van der Waals surface area contributed by atoms with E-state index in [0.717, 1.165) is 31.9 Å². The van der Waals surface area contributed by atoms with Crippen LogP contribution in [0.5, 0.6) is 5.75 Å². The fraction of sp³-hybridized carbons (Fsp3) is 0.667. The van der Waals surface area contributed by atoms with Crippen LogP contribution in [0, 0.1) is 5.92 Å². The lowest BCUT2D eigenvalue weighted by molar-refractivity contribution is 0.0387. The van der Waals surface area contributed by atoms with Gasteiger partial charge in [0.15, 0.2) is 0 Å². The fourth-order valence-corrected chi connectivity index (χ4v) is 4.92. The number of carbonyl (C=O) groups is 2. The smallest absolute Gasteiger partial charge is 0.319 e. The van der Waals surface area contributed by atoms with Crippen LogP contribution in [0.1, 0.15) is 56.3 Å². The number of sulfonamides is 1. The van der Waals surface area contributed by atoms with E-state index in [1.807, 2.05) is 6.92 Å². The number of likely N-dealkylation sites (N-methyl/N-ethyl adjacent to an activating group) is 1. The molecule has 1 heterocycles. The van der Waals surface area contributed by atoms with Crippen LogP contribution in [0.2, 0.25) is 0 Å². The highest BCUT2D eigenvalue weighted by molar-refractivity contribution is 7.88. The van der Waals surface area contributed by atoms with E-state index in [9.17, 15) is 23.1 Å². The van der Waals surface area contributed by atoms with E-state index in [4.69, 9.17) is 4.74 Å². The van der Waals surface area contributed by atoms with Gasteiger partial charge < -0.3 is 25.4 Å². The Morgan fingerprint density at radius 3 is 2.60 bits per heavy atom. The zero-order chi connectivity index (χ0) is 25.8. The third-order valence-electron chi connectivity index (χ3n) is 6.87. The van der Waals surface area contributed by atoms with Crippen molar-refractivity contribution in [3.8, 4) is 5.75 Å². The van der Waals surface area contributed by atoms with E-state index in [1.165, 1.54) is 17.8 Å². The standard InChI is InChI=1S/C24H38N4O6S/c1-16-13-28(17(2)15-29)23(30)20-12-19(26-24(31)25-18-8-6-5-7-9-18)10-11-21(20)34-22(16)14-27(3)35(4,32)33/h10-12,16-18,22,29H,5-9,13-15H2,1-4H3,(H2,25,26,31)/t16-,17-,22+/m1/s1. The fourth-order valence-electron chi connectivity index (χ4n) is 4.51. The highest BCUT2D eigenvalue weighted by Crippen LogP contribution is 2.31. The minimum atomic E-state index is -3.42. The first-order valence-electron chi connectivity index (χ1n) is 12.2. The maximum absolute atomic E-state index is 13.5. The van der Waals surface area contributed by atoms with Crippen molar-refractivity contribution in [3.63, 3.8) is 0 Å². The molecule has 35 heavy (non-hydrogen) atoms. The minimum absolute atomic E-state index is 0.110. The maximum atomic E-state index is 13.5. The Balaban J connectivity index is 1.87. The summed E-state index contributed by atoms with van der Waals surface area (Å²) in [6.45, 7) is 3.82. The second-order valence-electron chi connectivity index (χ2n) is 9.81. The van der Waals surface area contributed by atoms with E-state index in [-0.39, 0.29) is 49.2 Å². The zero-order valence-electron chi connectivity index (χ0n) is 21.0. The molecule has 1 aromatic rings. The van der Waals surface area contributed by atoms with E-state index < -0.39 is 22.2 Å². The van der Waals surface area contributed by atoms with Crippen molar-refractivity contribution in [2.24, 2.45) is 5.92 Å². The van der Waals surface area contributed by atoms with Gasteiger partial charge in [-0.1, -0.05) is 26.2 Å². The van der Waals surface area contributed by atoms with E-state index in [2.05, 4.69) is 10.6 Å². The molecule has 196 valence electrons. The van der Waals surface area contributed by atoms with Gasteiger partial charge in [-0.05, 0) is 38.0 Å². The molecule has 1 aliphatic heterocycles. The lowest BCUT2D eigenvalue weighted by atomic mass is 9.96. The molecule has 10 nitrogen and oxygen atoms in total. The third kappa shape index (κ3) is 7.08. The summed E-state index contributed by atoms with van der Waals surface area (Å²) in [5.74, 6) is -0.217. The summed E-state index contributed by atoms with van der Waals surface area (Å²) < 4.78 is 31.4. The topological polar surface area (TPSA) is 128 Å². The maximum Gasteiger partial charge on any atom is 0.319 e. The number of amides is 3. The summed E-state index contributed by atoms with van der Waals surface area (Å²) in [5.41, 5.74) is 0.698. The molecular weight excluding hydrogens is 472 g/mol. The molecule has 0 bridgehead atoms. The molecule has 3 rings (SSSR count). The summed E-state index contributed by atoms with van der Waals surface area (Å²) in [5, 5.41) is 15.6. The van der Waals surface area contributed by atoms with Gasteiger partial charge in [0.1, 0.15) is 11.9 Å². The predicted octanol–water partition coefficient (Wildman–Crippen LogP) is 2.25. The number of aliphatic hydroxyl groups is 1. The molecule has 3 amide bonds. The van der Waals surface area contributed by atoms with Crippen LogP contribution in [-0.2, 0) is 10.0 Å². The van der Waals surface area contributed by atoms with Crippen molar-refractivity contribution in [1.82, 2.24) is 14.5 Å². The number of fused-ring (bicyclic) bond motifs is 1. The molecule has 3 N–H and O–H groups in total. The molecule has 1 fully saturated rings. The minimum Gasteiger partial charge on any atom is -0.488 e. The van der Waals surface area contributed by atoms with Gasteiger partial charge in [0.25, 0.3) is 5.91 Å². The van der Waals surface area contributed by atoms with Crippen molar-refractivity contribution in [2.75, 3.05) is 38.3 Å². The second-order valence-corrected chi connectivity index (χ2v) is 11.9. The Morgan fingerprint density at radius 1 is 1.29 bits per heavy atom. The van der Waals surface area contributed by atoms with Crippen LogP contribution in [0.3, 0.4) is 0 Å². The molecule has 0 aromatic heterocycles. The van der Waals surface area contributed by atoms with Gasteiger partial charge in [-0.3, -0.25) is 4.79 Å². The summed E-state index contributed by atoms with van der Waals surface area (Å²) in [4.78, 5) is 27.6. The third-order valence-corrected chi connectivity index (χ3v) is 8.15. The van der Waals surface area contributed by atoms with E-state index in [0.29, 0.717) is 11.4 Å². The van der Waals surface area contributed by atoms with Gasteiger partial charge in [-0.25, -0.2) is 17.5 Å². The SMILES string of the molecule is C[C@@H]1CN([C@H](C)CO)C(=O)c2cc(NC(=O)NC3CCCCC3)ccc2O[C@H]1CN(C)S(C)(=O)=O. The van der Waals surface area contributed by atoms with Crippen LogP contribution in [0.25, 0.3) is 0 Å². The number of aliphatic hydroxyl groups excluding tert-OH is 1. The van der Waals surface area contributed by atoms with Crippen molar-refractivity contribution in [1.29, 1.82) is 0 Å². The number of rotatable bonds is 7. The number of ether oxygens (including phenoxy) is 1. The Morgan fingerprint density at radius 2 is 1.97 bits per heavy atom. The number of hydrogen-bond donors (Lipinski definition) is 3. The summed E-state index contributed by atoms with van der Waals surface area (Å²) in [7, 11) is -1.94. The monoisotopic (exact) mass is 510 g/mol. The van der Waals surface area contributed by atoms with Gasteiger partial charge in [0, 0.05) is 31.2 Å². The van der Waals surface area contributed by atoms with E-state index in [1.54, 1.807) is 30.0 Å². The van der Waals surface area contributed by atoms with Crippen LogP contribution >= 0.6 is 0 Å². The molecule has 3 atom stereocenters. The molecule has 1 saturated carbocycles. The Bertz CT molecular complexity index is 1010. The molecular formula is C24H38N4O6S. The van der Waals surface area contributed by atoms with Gasteiger partial charge in [-0.2, -0.15) is 0 Å².